The second-order valence-corrected chi connectivity index (χ2v) is 10.2. The summed E-state index contributed by atoms with van der Waals surface area (Å²) in [5.74, 6) is 1.98. The quantitative estimate of drug-likeness (QED) is 0.815. The standard InChI is InChI=1S/C16H31NO2S/c1-16(2,3)14-5-4-6-15(8-7-14)17-11-13-9-10-20(18,19)12-13/h13-15,17H,4-12H2,1-3H3. The lowest BCUT2D eigenvalue weighted by molar-refractivity contribution is 0.213. The van der Waals surface area contributed by atoms with Crippen molar-refractivity contribution in [3.8, 4) is 0 Å². The Kier molecular flexibility index (Phi) is 5.17. The molecule has 3 atom stereocenters. The van der Waals surface area contributed by atoms with Crippen molar-refractivity contribution in [1.29, 1.82) is 0 Å². The van der Waals surface area contributed by atoms with E-state index in [1.807, 2.05) is 0 Å². The summed E-state index contributed by atoms with van der Waals surface area (Å²) in [5, 5.41) is 3.65. The predicted octanol–water partition coefficient (Wildman–Crippen LogP) is 3.01. The first-order valence-corrected chi connectivity index (χ1v) is 10.0. The molecule has 4 heteroatoms. The number of hydrogen-bond acceptors (Lipinski definition) is 3. The van der Waals surface area contributed by atoms with Crippen LogP contribution in [0.1, 0.15) is 59.3 Å². The minimum Gasteiger partial charge on any atom is -0.314 e. The van der Waals surface area contributed by atoms with Crippen LogP contribution in [0.2, 0.25) is 0 Å². The molecule has 1 saturated heterocycles. The van der Waals surface area contributed by atoms with Crippen LogP contribution in [0.3, 0.4) is 0 Å². The van der Waals surface area contributed by atoms with Crippen molar-refractivity contribution in [2.75, 3.05) is 18.1 Å². The smallest absolute Gasteiger partial charge is 0.150 e. The van der Waals surface area contributed by atoms with Gasteiger partial charge in [0.25, 0.3) is 0 Å². The van der Waals surface area contributed by atoms with Crippen LogP contribution in [0.15, 0.2) is 0 Å². The molecule has 0 radical (unpaired) electrons. The topological polar surface area (TPSA) is 46.2 Å². The highest BCUT2D eigenvalue weighted by atomic mass is 32.2. The first-order chi connectivity index (χ1) is 9.26. The second kappa shape index (κ2) is 6.35. The largest absolute Gasteiger partial charge is 0.314 e. The molecule has 1 aliphatic carbocycles. The highest BCUT2D eigenvalue weighted by Crippen LogP contribution is 2.36. The average molecular weight is 301 g/mol. The third kappa shape index (κ3) is 4.73. The highest BCUT2D eigenvalue weighted by Gasteiger charge is 2.30. The zero-order valence-electron chi connectivity index (χ0n) is 13.3. The zero-order chi connectivity index (χ0) is 14.8. The monoisotopic (exact) mass is 301 g/mol. The molecule has 0 bridgehead atoms. The summed E-state index contributed by atoms with van der Waals surface area (Å²) >= 11 is 0. The number of hydrogen-bond donors (Lipinski definition) is 1. The Morgan fingerprint density at radius 2 is 1.80 bits per heavy atom. The Morgan fingerprint density at radius 3 is 2.40 bits per heavy atom. The molecule has 118 valence electrons. The third-order valence-corrected chi connectivity index (χ3v) is 7.05. The predicted molar refractivity (Wildman–Crippen MR) is 84.6 cm³/mol. The van der Waals surface area contributed by atoms with E-state index in [0.29, 0.717) is 28.9 Å². The molecule has 2 fully saturated rings. The van der Waals surface area contributed by atoms with Crippen LogP contribution in [0, 0.1) is 17.3 Å². The normalized spacial score (nSPS) is 34.9. The fourth-order valence-electron chi connectivity index (χ4n) is 3.74. The molecule has 3 unspecified atom stereocenters. The van der Waals surface area contributed by atoms with Crippen LogP contribution in [0.4, 0.5) is 0 Å². The molecular formula is C16H31NO2S. The van der Waals surface area contributed by atoms with E-state index in [9.17, 15) is 8.42 Å². The molecule has 1 saturated carbocycles. The van der Waals surface area contributed by atoms with E-state index in [0.717, 1.165) is 18.9 Å². The SMILES string of the molecule is CC(C)(C)C1CCCC(NCC2CCS(=O)(=O)C2)CC1. The molecule has 0 aromatic rings. The summed E-state index contributed by atoms with van der Waals surface area (Å²) < 4.78 is 22.9. The minimum atomic E-state index is -2.72. The van der Waals surface area contributed by atoms with Gasteiger partial charge in [-0.05, 0) is 55.9 Å². The van der Waals surface area contributed by atoms with E-state index in [4.69, 9.17) is 0 Å². The van der Waals surface area contributed by atoms with Crippen LogP contribution < -0.4 is 5.32 Å². The van der Waals surface area contributed by atoms with Crippen LogP contribution in [-0.2, 0) is 9.84 Å². The van der Waals surface area contributed by atoms with Crippen molar-refractivity contribution >= 4 is 9.84 Å². The summed E-state index contributed by atoms with van der Waals surface area (Å²) in [6, 6.07) is 0.602. The van der Waals surface area contributed by atoms with Gasteiger partial charge in [0, 0.05) is 6.04 Å². The van der Waals surface area contributed by atoms with E-state index >= 15 is 0 Å². The molecule has 20 heavy (non-hydrogen) atoms. The summed E-state index contributed by atoms with van der Waals surface area (Å²) in [6.45, 7) is 7.96. The van der Waals surface area contributed by atoms with Crippen molar-refractivity contribution in [3.63, 3.8) is 0 Å². The van der Waals surface area contributed by atoms with E-state index in [1.165, 1.54) is 32.1 Å². The van der Waals surface area contributed by atoms with E-state index in [1.54, 1.807) is 0 Å². The highest BCUT2D eigenvalue weighted by molar-refractivity contribution is 7.91. The molecule has 1 aliphatic heterocycles. The Bertz CT molecular complexity index is 411. The summed E-state index contributed by atoms with van der Waals surface area (Å²) in [6.07, 6.45) is 7.33. The van der Waals surface area contributed by atoms with Gasteiger partial charge < -0.3 is 5.32 Å². The van der Waals surface area contributed by atoms with Gasteiger partial charge in [0.2, 0.25) is 0 Å². The van der Waals surface area contributed by atoms with Crippen LogP contribution in [0.25, 0.3) is 0 Å². The van der Waals surface area contributed by atoms with Gasteiger partial charge in [-0.25, -0.2) is 8.42 Å². The first kappa shape index (κ1) is 16.3. The molecule has 0 aromatic heterocycles. The van der Waals surface area contributed by atoms with Gasteiger partial charge in [0.05, 0.1) is 11.5 Å². The zero-order valence-corrected chi connectivity index (χ0v) is 14.1. The summed E-state index contributed by atoms with van der Waals surface area (Å²) in [7, 11) is -2.72. The molecule has 0 aromatic carbocycles. The van der Waals surface area contributed by atoms with Gasteiger partial charge in [-0.3, -0.25) is 0 Å². The van der Waals surface area contributed by atoms with Crippen molar-refractivity contribution in [1.82, 2.24) is 5.32 Å². The van der Waals surface area contributed by atoms with Crippen LogP contribution in [0.5, 0.6) is 0 Å². The fraction of sp³-hybridized carbons (Fsp3) is 1.00. The van der Waals surface area contributed by atoms with Gasteiger partial charge in [-0.15, -0.1) is 0 Å². The van der Waals surface area contributed by atoms with Gasteiger partial charge in [-0.1, -0.05) is 27.2 Å². The number of nitrogens with one attached hydrogen (secondary N) is 1. The second-order valence-electron chi connectivity index (χ2n) is 7.95. The molecule has 2 rings (SSSR count). The molecule has 3 nitrogen and oxygen atoms in total. The van der Waals surface area contributed by atoms with E-state index in [2.05, 4.69) is 26.1 Å². The third-order valence-electron chi connectivity index (χ3n) is 5.22. The first-order valence-electron chi connectivity index (χ1n) is 8.20. The molecule has 1 heterocycles. The Balaban J connectivity index is 1.75. The molecule has 1 N–H and O–H groups in total. The summed E-state index contributed by atoms with van der Waals surface area (Å²) in [4.78, 5) is 0. The fourth-order valence-corrected chi connectivity index (χ4v) is 5.60. The Hall–Kier alpha value is -0.0900. The van der Waals surface area contributed by atoms with Gasteiger partial charge in [-0.2, -0.15) is 0 Å². The lowest BCUT2D eigenvalue weighted by atomic mass is 9.76. The van der Waals surface area contributed by atoms with Crippen LogP contribution >= 0.6 is 0 Å². The Morgan fingerprint density at radius 1 is 1.05 bits per heavy atom. The molecular weight excluding hydrogens is 270 g/mol. The maximum absolute atomic E-state index is 11.5. The number of rotatable bonds is 3. The minimum absolute atomic E-state index is 0.349. The lowest BCUT2D eigenvalue weighted by Crippen LogP contribution is -2.33. The average Bonchev–Trinajstić information content (AvgIpc) is 2.55. The van der Waals surface area contributed by atoms with Crippen molar-refractivity contribution in [3.05, 3.63) is 0 Å². The van der Waals surface area contributed by atoms with E-state index in [-0.39, 0.29) is 0 Å². The van der Waals surface area contributed by atoms with Crippen molar-refractivity contribution in [2.45, 2.75) is 65.3 Å². The molecule has 0 spiro atoms. The van der Waals surface area contributed by atoms with Gasteiger partial charge >= 0.3 is 0 Å². The van der Waals surface area contributed by atoms with Gasteiger partial charge in [0.15, 0.2) is 9.84 Å². The van der Waals surface area contributed by atoms with Gasteiger partial charge in [0.1, 0.15) is 0 Å². The molecule has 0 amide bonds. The summed E-state index contributed by atoms with van der Waals surface area (Å²) in [5.41, 5.74) is 0.425. The van der Waals surface area contributed by atoms with Crippen molar-refractivity contribution in [2.24, 2.45) is 17.3 Å². The Labute approximate surface area is 124 Å². The van der Waals surface area contributed by atoms with Crippen molar-refractivity contribution < 1.29 is 8.42 Å². The lowest BCUT2D eigenvalue weighted by Gasteiger charge is -2.29. The maximum Gasteiger partial charge on any atom is 0.150 e. The van der Waals surface area contributed by atoms with E-state index < -0.39 is 9.84 Å². The molecule has 2 aliphatic rings. The number of sulfone groups is 1. The van der Waals surface area contributed by atoms with Crippen LogP contribution in [-0.4, -0.2) is 32.5 Å². The maximum atomic E-state index is 11.5.